The fourth-order valence-corrected chi connectivity index (χ4v) is 5.40. The molecule has 0 atom stereocenters. The molecule has 0 aliphatic heterocycles. The third kappa shape index (κ3) is 4.21. The number of hydrogen-bond acceptors (Lipinski definition) is 3. The molecule has 0 spiro atoms. The molecule has 18 heavy (non-hydrogen) atoms. The summed E-state index contributed by atoms with van der Waals surface area (Å²) in [5, 5.41) is 10.4. The van der Waals surface area contributed by atoms with Gasteiger partial charge in [-0.2, -0.15) is 0 Å². The molecule has 1 aromatic rings. The molecule has 0 heterocycles. The molecule has 0 bridgehead atoms. The fraction of sp³-hybridized carbons (Fsp3) is 0.571. The minimum Gasteiger partial charge on any atom is -0.396 e. The summed E-state index contributed by atoms with van der Waals surface area (Å²) in [5.74, 6) is 0. The summed E-state index contributed by atoms with van der Waals surface area (Å²) in [6.45, 7) is 8.11. The van der Waals surface area contributed by atoms with Crippen molar-refractivity contribution in [3.63, 3.8) is 0 Å². The van der Waals surface area contributed by atoms with E-state index in [1.807, 2.05) is 58.0 Å². The lowest BCUT2D eigenvalue weighted by Gasteiger charge is -2.34. The first-order chi connectivity index (χ1) is 8.50. The molecular formula is C14H24O3Si. The second-order valence-corrected chi connectivity index (χ2v) is 7.98. The zero-order chi connectivity index (χ0) is 13.6. The molecule has 0 saturated heterocycles. The molecule has 4 heteroatoms. The number of benzene rings is 1. The molecule has 1 N–H and O–H groups in total. The lowest BCUT2D eigenvalue weighted by molar-refractivity contribution is 0.110. The average Bonchev–Trinajstić information content (AvgIpc) is 2.28. The Morgan fingerprint density at radius 3 is 1.89 bits per heavy atom. The topological polar surface area (TPSA) is 38.7 Å². The monoisotopic (exact) mass is 268 g/mol. The minimum absolute atomic E-state index is 0.0839. The van der Waals surface area contributed by atoms with Crippen molar-refractivity contribution in [2.75, 3.05) is 6.61 Å². The van der Waals surface area contributed by atoms with Crippen molar-refractivity contribution in [3.8, 4) is 0 Å². The van der Waals surface area contributed by atoms with Gasteiger partial charge in [0.15, 0.2) is 0 Å². The van der Waals surface area contributed by atoms with Crippen molar-refractivity contribution in [2.45, 2.75) is 45.9 Å². The van der Waals surface area contributed by atoms with Crippen LogP contribution in [-0.4, -0.2) is 32.5 Å². The van der Waals surface area contributed by atoms with Gasteiger partial charge >= 0.3 is 8.56 Å². The van der Waals surface area contributed by atoms with Crippen LogP contribution in [0.4, 0.5) is 0 Å². The quantitative estimate of drug-likeness (QED) is 0.770. The molecule has 0 amide bonds. The molecule has 3 nitrogen and oxygen atoms in total. The second kappa shape index (κ2) is 7.04. The van der Waals surface area contributed by atoms with Crippen LogP contribution in [0.15, 0.2) is 30.3 Å². The molecule has 0 aliphatic carbocycles. The summed E-state index contributed by atoms with van der Waals surface area (Å²) >= 11 is 0. The first-order valence-electron chi connectivity index (χ1n) is 6.52. The van der Waals surface area contributed by atoms with E-state index in [0.717, 1.165) is 5.19 Å². The van der Waals surface area contributed by atoms with E-state index in [0.29, 0.717) is 6.04 Å². The van der Waals surface area contributed by atoms with Crippen molar-refractivity contribution in [1.29, 1.82) is 0 Å². The highest BCUT2D eigenvalue weighted by Gasteiger charge is 2.41. The van der Waals surface area contributed by atoms with E-state index in [1.54, 1.807) is 0 Å². The van der Waals surface area contributed by atoms with Gasteiger partial charge in [-0.1, -0.05) is 30.3 Å². The average molecular weight is 268 g/mol. The molecule has 0 fully saturated rings. The van der Waals surface area contributed by atoms with Gasteiger partial charge in [-0.25, -0.2) is 0 Å². The van der Waals surface area contributed by atoms with Gasteiger partial charge in [-0.3, -0.25) is 0 Å². The SMILES string of the molecule is CC(C)O[Si](CCO)(OC(C)C)c1ccccc1. The summed E-state index contributed by atoms with van der Waals surface area (Å²) < 4.78 is 12.3. The summed E-state index contributed by atoms with van der Waals surface area (Å²) in [7, 11) is -2.55. The highest BCUT2D eigenvalue weighted by molar-refractivity contribution is 6.81. The van der Waals surface area contributed by atoms with Gasteiger partial charge in [-0.15, -0.1) is 0 Å². The zero-order valence-electron chi connectivity index (χ0n) is 11.7. The van der Waals surface area contributed by atoms with Crippen LogP contribution < -0.4 is 5.19 Å². The van der Waals surface area contributed by atoms with Crippen molar-refractivity contribution in [3.05, 3.63) is 30.3 Å². The zero-order valence-corrected chi connectivity index (χ0v) is 12.7. The summed E-state index contributed by atoms with van der Waals surface area (Å²) in [4.78, 5) is 0. The van der Waals surface area contributed by atoms with E-state index in [1.165, 1.54) is 0 Å². The van der Waals surface area contributed by atoms with Crippen molar-refractivity contribution in [2.24, 2.45) is 0 Å². The molecule has 0 unspecified atom stereocenters. The van der Waals surface area contributed by atoms with Crippen molar-refractivity contribution in [1.82, 2.24) is 0 Å². The molecule has 0 saturated carbocycles. The minimum atomic E-state index is -2.55. The number of rotatable bonds is 7. The Morgan fingerprint density at radius 2 is 1.50 bits per heavy atom. The highest BCUT2D eigenvalue weighted by Crippen LogP contribution is 2.18. The molecule has 1 rings (SSSR count). The second-order valence-electron chi connectivity index (χ2n) is 4.93. The lowest BCUT2D eigenvalue weighted by atomic mass is 10.4. The maximum Gasteiger partial charge on any atom is 0.375 e. The Labute approximate surface area is 111 Å². The van der Waals surface area contributed by atoms with Gasteiger partial charge in [-0.05, 0) is 32.9 Å². The standard InChI is InChI=1S/C14H24O3Si/c1-12(2)16-18(11-10-15,17-13(3)4)14-8-6-5-7-9-14/h5-9,12-13,15H,10-11H2,1-4H3. The Balaban J connectivity index is 3.10. The first-order valence-corrected chi connectivity index (χ1v) is 8.54. The van der Waals surface area contributed by atoms with Gasteiger partial charge in [0, 0.05) is 24.9 Å². The van der Waals surface area contributed by atoms with Crippen LogP contribution in [-0.2, 0) is 8.85 Å². The van der Waals surface area contributed by atoms with Gasteiger partial charge in [0.05, 0.1) is 0 Å². The largest absolute Gasteiger partial charge is 0.396 e. The molecule has 0 aliphatic rings. The predicted octanol–water partition coefficient (Wildman–Crippen LogP) is 2.18. The van der Waals surface area contributed by atoms with Crippen LogP contribution in [0.25, 0.3) is 0 Å². The molecule has 1 aromatic carbocycles. The third-order valence-corrected chi connectivity index (χ3v) is 6.31. The Bertz CT molecular complexity index is 328. The molecular weight excluding hydrogens is 244 g/mol. The van der Waals surface area contributed by atoms with E-state index >= 15 is 0 Å². The molecule has 0 radical (unpaired) electrons. The number of aliphatic hydroxyl groups excluding tert-OH is 1. The fourth-order valence-electron chi connectivity index (χ4n) is 2.03. The van der Waals surface area contributed by atoms with E-state index in [2.05, 4.69) is 0 Å². The Morgan fingerprint density at radius 1 is 1.00 bits per heavy atom. The summed E-state index contributed by atoms with van der Waals surface area (Å²) in [6.07, 6.45) is 0.171. The van der Waals surface area contributed by atoms with Gasteiger partial charge in [0.2, 0.25) is 0 Å². The van der Waals surface area contributed by atoms with Crippen LogP contribution in [0.3, 0.4) is 0 Å². The van der Waals surface area contributed by atoms with Crippen LogP contribution in [0.5, 0.6) is 0 Å². The maximum absolute atomic E-state index is 9.36. The van der Waals surface area contributed by atoms with E-state index in [9.17, 15) is 5.11 Å². The van der Waals surface area contributed by atoms with E-state index < -0.39 is 8.56 Å². The number of aliphatic hydroxyl groups is 1. The van der Waals surface area contributed by atoms with Crippen LogP contribution >= 0.6 is 0 Å². The van der Waals surface area contributed by atoms with Crippen LogP contribution in [0.2, 0.25) is 6.04 Å². The predicted molar refractivity (Wildman–Crippen MR) is 76.2 cm³/mol. The van der Waals surface area contributed by atoms with E-state index in [-0.39, 0.29) is 18.8 Å². The van der Waals surface area contributed by atoms with Gasteiger partial charge in [0.1, 0.15) is 0 Å². The summed E-state index contributed by atoms with van der Waals surface area (Å²) in [6, 6.07) is 10.6. The molecule has 102 valence electrons. The van der Waals surface area contributed by atoms with Crippen molar-refractivity contribution < 1.29 is 14.0 Å². The normalized spacial score (nSPS) is 12.4. The van der Waals surface area contributed by atoms with E-state index in [4.69, 9.17) is 8.85 Å². The maximum atomic E-state index is 9.36. The third-order valence-electron chi connectivity index (χ3n) is 2.51. The lowest BCUT2D eigenvalue weighted by Crippen LogP contribution is -2.56. The van der Waals surface area contributed by atoms with Gasteiger partial charge < -0.3 is 14.0 Å². The van der Waals surface area contributed by atoms with Gasteiger partial charge in [0.25, 0.3) is 0 Å². The van der Waals surface area contributed by atoms with Crippen LogP contribution in [0, 0.1) is 0 Å². The molecule has 0 aromatic heterocycles. The van der Waals surface area contributed by atoms with Crippen LogP contribution in [0.1, 0.15) is 27.7 Å². The Hall–Kier alpha value is -0.683. The van der Waals surface area contributed by atoms with Crippen molar-refractivity contribution >= 4 is 13.7 Å². The smallest absolute Gasteiger partial charge is 0.375 e. The first kappa shape index (κ1) is 15.4. The number of hydrogen-bond donors (Lipinski definition) is 1. The Kier molecular flexibility index (Phi) is 6.01. The highest BCUT2D eigenvalue weighted by atomic mass is 28.4. The summed E-state index contributed by atoms with van der Waals surface area (Å²) in [5.41, 5.74) is 0.